The Labute approximate surface area is 708 Å². The fourth-order valence-electron chi connectivity index (χ4n) is 15.8. The second kappa shape index (κ2) is 92.1. The zero-order chi connectivity index (χ0) is 83.7. The van der Waals surface area contributed by atoms with E-state index in [0.717, 1.165) is 193 Å². The molecule has 0 bridgehead atoms. The van der Waals surface area contributed by atoms with E-state index in [1.54, 1.807) is 0 Å². The number of ether oxygens (including phenoxy) is 6. The molecule has 0 saturated carbocycles. The topological polar surface area (TPSA) is 158 Å². The van der Waals surface area contributed by atoms with E-state index in [-0.39, 0.29) is 48.0 Å². The first kappa shape index (κ1) is 113. The predicted molar refractivity (Wildman–Crippen MR) is 485 cm³/mol. The van der Waals surface area contributed by atoms with E-state index < -0.39 is 0 Å². The fraction of sp³-hybridized carbons (Fsp3) is 0.941. The molecule has 0 amide bonds. The van der Waals surface area contributed by atoms with Gasteiger partial charge in [0.1, 0.15) is 12.2 Å². The summed E-state index contributed by atoms with van der Waals surface area (Å²) in [6.07, 6.45) is 85.5. The third-order valence-corrected chi connectivity index (χ3v) is 24.1. The molecule has 0 spiro atoms. The number of carbonyl (C=O) groups excluding carboxylic acids is 6. The molecule has 0 rings (SSSR count). The number of hydrogen-bond donors (Lipinski definition) is 0. The highest BCUT2D eigenvalue weighted by atomic mass is 16.6. The van der Waals surface area contributed by atoms with Crippen LogP contribution in [0, 0.1) is 23.7 Å². The molecular formula is C102H196O12. The van der Waals surface area contributed by atoms with Crippen molar-refractivity contribution in [3.8, 4) is 0 Å². The van der Waals surface area contributed by atoms with Crippen molar-refractivity contribution in [3.63, 3.8) is 0 Å². The molecule has 12 nitrogen and oxygen atoms in total. The lowest BCUT2D eigenvalue weighted by molar-refractivity contribution is -0.151. The molecule has 12 heteroatoms. The molecule has 0 aromatic rings. The Morgan fingerprint density at radius 1 is 0.167 bits per heavy atom. The third-order valence-electron chi connectivity index (χ3n) is 24.1. The molecule has 114 heavy (non-hydrogen) atoms. The third kappa shape index (κ3) is 83.9. The van der Waals surface area contributed by atoms with Gasteiger partial charge in [-0.15, -0.1) is 0 Å². The number of hydrogen-bond acceptors (Lipinski definition) is 12. The van der Waals surface area contributed by atoms with E-state index in [4.69, 9.17) is 28.4 Å². The van der Waals surface area contributed by atoms with Crippen LogP contribution in [0.3, 0.4) is 0 Å². The Morgan fingerprint density at radius 3 is 0.553 bits per heavy atom. The Balaban J connectivity index is 0. The first-order valence-corrected chi connectivity index (χ1v) is 50.8. The molecule has 0 aromatic carbocycles. The van der Waals surface area contributed by atoms with Gasteiger partial charge < -0.3 is 28.4 Å². The summed E-state index contributed by atoms with van der Waals surface area (Å²) in [7, 11) is 0. The zero-order valence-electron chi connectivity index (χ0n) is 77.9. The lowest BCUT2D eigenvalue weighted by Gasteiger charge is -2.18. The van der Waals surface area contributed by atoms with E-state index in [2.05, 4.69) is 69.2 Å². The number of rotatable bonds is 90. The first-order valence-electron chi connectivity index (χ1n) is 50.8. The van der Waals surface area contributed by atoms with Gasteiger partial charge in [-0.3, -0.25) is 28.8 Å². The van der Waals surface area contributed by atoms with Crippen molar-refractivity contribution in [2.75, 3.05) is 26.4 Å². The Kier molecular flexibility index (Phi) is 91.2. The van der Waals surface area contributed by atoms with Crippen LogP contribution in [0.5, 0.6) is 0 Å². The van der Waals surface area contributed by atoms with Crippen molar-refractivity contribution in [2.45, 2.75) is 569 Å². The lowest BCUT2D eigenvalue weighted by Crippen LogP contribution is -2.18. The standard InChI is InChI=1S/2C51H98O6/c1-6-11-15-17-24-30-37-47(38-31-25-22-23-28-35-41-49(52)55-44-46(10-5)36-14-9-4)45-56-50(53)42-34-27-21-19-18-20-26-33-40-48(39-32-16-12-7-2)57-51(54)43-29-13-8-3;1-6-11-15-17-20-24-30-37-47(38-31-25-23-28-35-41-49(52)55-44-46(10-5)36-14-9-4)45-56-50(53)42-34-27-22-19-18-21-26-33-40-48(39-32-16-12-7-2)57-51(54)43-29-13-8-3/h2*46-48H,6-45H2,1-5H3. The van der Waals surface area contributed by atoms with Crippen molar-refractivity contribution >= 4 is 35.8 Å². The highest BCUT2D eigenvalue weighted by molar-refractivity contribution is 5.71. The van der Waals surface area contributed by atoms with Crippen LogP contribution < -0.4 is 0 Å². The highest BCUT2D eigenvalue weighted by Crippen LogP contribution is 2.26. The minimum absolute atomic E-state index is 0.00389. The molecule has 0 heterocycles. The van der Waals surface area contributed by atoms with Crippen LogP contribution in [0.1, 0.15) is 557 Å². The quantitative estimate of drug-likeness (QED) is 0.0323. The van der Waals surface area contributed by atoms with Gasteiger partial charge in [-0.1, -0.05) is 390 Å². The smallest absolute Gasteiger partial charge is 0.306 e. The van der Waals surface area contributed by atoms with Crippen molar-refractivity contribution in [2.24, 2.45) is 23.7 Å². The summed E-state index contributed by atoms with van der Waals surface area (Å²) in [4.78, 5) is 74.4. The summed E-state index contributed by atoms with van der Waals surface area (Å²) in [5.74, 6) is 1.90. The van der Waals surface area contributed by atoms with Gasteiger partial charge >= 0.3 is 35.8 Å². The van der Waals surface area contributed by atoms with E-state index in [1.165, 1.54) is 257 Å². The van der Waals surface area contributed by atoms with E-state index in [9.17, 15) is 28.8 Å². The maximum atomic E-state index is 12.7. The van der Waals surface area contributed by atoms with Crippen LogP contribution in [-0.4, -0.2) is 74.5 Å². The van der Waals surface area contributed by atoms with E-state index in [1.807, 2.05) is 0 Å². The maximum Gasteiger partial charge on any atom is 0.306 e. The van der Waals surface area contributed by atoms with Gasteiger partial charge in [-0.05, 0) is 152 Å². The lowest BCUT2D eigenvalue weighted by atomic mass is 9.94. The summed E-state index contributed by atoms with van der Waals surface area (Å²) < 4.78 is 34.7. The summed E-state index contributed by atoms with van der Waals surface area (Å²) in [5, 5.41) is 0. The average molecular weight is 1610 g/mol. The van der Waals surface area contributed by atoms with Gasteiger partial charge in [0, 0.05) is 38.5 Å². The Bertz CT molecular complexity index is 2030. The number of esters is 6. The van der Waals surface area contributed by atoms with E-state index in [0.29, 0.717) is 88.6 Å². The predicted octanol–water partition coefficient (Wildman–Crippen LogP) is 32.3. The van der Waals surface area contributed by atoms with Crippen molar-refractivity contribution in [1.29, 1.82) is 0 Å². The molecule has 0 saturated heterocycles. The summed E-state index contributed by atoms with van der Waals surface area (Å²) >= 11 is 0. The van der Waals surface area contributed by atoms with Gasteiger partial charge in [0.15, 0.2) is 0 Å². The summed E-state index contributed by atoms with van der Waals surface area (Å²) in [5.41, 5.74) is 0. The molecule has 0 aliphatic carbocycles. The molecule has 0 radical (unpaired) electrons. The maximum absolute atomic E-state index is 12.7. The zero-order valence-corrected chi connectivity index (χ0v) is 77.9. The van der Waals surface area contributed by atoms with Crippen LogP contribution in [0.15, 0.2) is 0 Å². The second-order valence-electron chi connectivity index (χ2n) is 35.3. The van der Waals surface area contributed by atoms with Gasteiger partial charge in [-0.2, -0.15) is 0 Å². The number of unbranched alkanes of at least 4 members (excludes halogenated alkanes) is 46. The fourth-order valence-corrected chi connectivity index (χ4v) is 15.8. The van der Waals surface area contributed by atoms with Crippen molar-refractivity contribution in [1.82, 2.24) is 0 Å². The molecule has 0 aromatic heterocycles. The SMILES string of the molecule is CCCCCCCCC(CCCCCCCCC(=O)OCC(CC)CCCC)COC(=O)CCCCCCCCCCC(CCCCCC)OC(=O)CCCCC.CCCCCCCCCC(CCCCCCCC(=O)OCC(CC)CCCC)COC(=O)CCCCCCCCCCC(CCCCCC)OC(=O)CCCCC. The monoisotopic (exact) mass is 1610 g/mol. The molecule has 0 aliphatic rings. The van der Waals surface area contributed by atoms with Gasteiger partial charge in [0.25, 0.3) is 0 Å². The second-order valence-corrected chi connectivity index (χ2v) is 35.3. The summed E-state index contributed by atoms with van der Waals surface area (Å²) in [6.45, 7) is 24.5. The molecule has 0 fully saturated rings. The molecular weight excluding hydrogens is 1420 g/mol. The average Bonchev–Trinajstić information content (AvgIpc) is 0.973. The molecule has 0 aliphatic heterocycles. The van der Waals surface area contributed by atoms with Crippen LogP contribution in [-0.2, 0) is 57.2 Å². The van der Waals surface area contributed by atoms with E-state index >= 15 is 0 Å². The first-order chi connectivity index (χ1) is 55.8. The van der Waals surface area contributed by atoms with Gasteiger partial charge in [0.2, 0.25) is 0 Å². The summed E-state index contributed by atoms with van der Waals surface area (Å²) in [6, 6.07) is 0. The molecule has 676 valence electrons. The van der Waals surface area contributed by atoms with Crippen molar-refractivity contribution in [3.05, 3.63) is 0 Å². The van der Waals surface area contributed by atoms with Crippen LogP contribution >= 0.6 is 0 Å². The van der Waals surface area contributed by atoms with Crippen LogP contribution in [0.2, 0.25) is 0 Å². The molecule has 6 unspecified atom stereocenters. The largest absolute Gasteiger partial charge is 0.465 e. The van der Waals surface area contributed by atoms with Crippen LogP contribution in [0.4, 0.5) is 0 Å². The van der Waals surface area contributed by atoms with Crippen molar-refractivity contribution < 1.29 is 57.2 Å². The van der Waals surface area contributed by atoms with Gasteiger partial charge in [0.05, 0.1) is 26.4 Å². The minimum Gasteiger partial charge on any atom is -0.465 e. The Hall–Kier alpha value is -3.18. The Morgan fingerprint density at radius 2 is 0.325 bits per heavy atom. The molecule has 0 N–H and O–H groups in total. The highest BCUT2D eigenvalue weighted by Gasteiger charge is 2.20. The number of carbonyl (C=O) groups is 6. The minimum atomic E-state index is -0.0280. The van der Waals surface area contributed by atoms with Crippen LogP contribution in [0.25, 0.3) is 0 Å². The molecule has 6 atom stereocenters. The van der Waals surface area contributed by atoms with Gasteiger partial charge in [-0.25, -0.2) is 0 Å². The normalized spacial score (nSPS) is 13.0.